The number of nitrogens with zero attached hydrogens (tertiary/aromatic N) is 1. The van der Waals surface area contributed by atoms with E-state index in [4.69, 9.17) is 4.74 Å². The van der Waals surface area contributed by atoms with Gasteiger partial charge >= 0.3 is 0 Å². The highest BCUT2D eigenvalue weighted by Gasteiger charge is 2.33. The maximum absolute atomic E-state index is 12.0. The smallest absolute Gasteiger partial charge is 0.293 e. The SMILES string of the molecule is CCN1C(=O)S/C(=C/c2cc(Br)cc(OC)c2O)C1=O. The fourth-order valence-corrected chi connectivity index (χ4v) is 3.12. The van der Waals surface area contributed by atoms with Crippen molar-refractivity contribution < 1.29 is 19.4 Å². The molecule has 7 heteroatoms. The van der Waals surface area contributed by atoms with Crippen LogP contribution in [0.1, 0.15) is 12.5 Å². The highest BCUT2D eigenvalue weighted by atomic mass is 79.9. The molecule has 1 aliphatic heterocycles. The van der Waals surface area contributed by atoms with Gasteiger partial charge in [0.1, 0.15) is 0 Å². The Morgan fingerprint density at radius 2 is 2.15 bits per heavy atom. The average Bonchev–Trinajstić information content (AvgIpc) is 2.67. The number of ether oxygens (including phenoxy) is 1. The van der Waals surface area contributed by atoms with Crippen LogP contribution in [0.25, 0.3) is 6.08 Å². The van der Waals surface area contributed by atoms with Crippen LogP contribution in [0.2, 0.25) is 0 Å². The van der Waals surface area contributed by atoms with Crippen LogP contribution in [0, 0.1) is 0 Å². The minimum absolute atomic E-state index is 0.0704. The van der Waals surface area contributed by atoms with E-state index in [0.717, 1.165) is 16.7 Å². The Labute approximate surface area is 128 Å². The van der Waals surface area contributed by atoms with E-state index in [-0.39, 0.29) is 21.8 Å². The van der Waals surface area contributed by atoms with Gasteiger partial charge in [-0.1, -0.05) is 15.9 Å². The van der Waals surface area contributed by atoms with Crippen molar-refractivity contribution in [1.82, 2.24) is 4.90 Å². The summed E-state index contributed by atoms with van der Waals surface area (Å²) in [6.45, 7) is 2.06. The number of benzene rings is 1. The minimum Gasteiger partial charge on any atom is -0.504 e. The van der Waals surface area contributed by atoms with E-state index in [1.165, 1.54) is 13.2 Å². The van der Waals surface area contributed by atoms with Gasteiger partial charge in [0.25, 0.3) is 11.1 Å². The molecule has 106 valence electrons. The van der Waals surface area contributed by atoms with Crippen molar-refractivity contribution in [3.05, 3.63) is 27.1 Å². The summed E-state index contributed by atoms with van der Waals surface area (Å²) >= 11 is 4.16. The second kappa shape index (κ2) is 5.88. The van der Waals surface area contributed by atoms with Gasteiger partial charge in [0.2, 0.25) is 0 Å². The summed E-state index contributed by atoms with van der Waals surface area (Å²) in [5.74, 6) is -0.125. The molecule has 1 aliphatic rings. The first kappa shape index (κ1) is 14.9. The molecule has 1 aromatic carbocycles. The van der Waals surface area contributed by atoms with Crippen LogP contribution in [-0.2, 0) is 4.79 Å². The third-order valence-corrected chi connectivity index (χ3v) is 4.13. The predicted octanol–water partition coefficient (Wildman–Crippen LogP) is 3.22. The van der Waals surface area contributed by atoms with Crippen LogP contribution in [-0.4, -0.2) is 34.8 Å². The Morgan fingerprint density at radius 3 is 2.70 bits per heavy atom. The molecule has 0 spiro atoms. The molecule has 1 aromatic rings. The van der Waals surface area contributed by atoms with Crippen molar-refractivity contribution in [2.75, 3.05) is 13.7 Å². The van der Waals surface area contributed by atoms with Crippen molar-refractivity contribution in [2.45, 2.75) is 6.92 Å². The second-order valence-electron chi connectivity index (χ2n) is 3.97. The minimum atomic E-state index is -0.346. The number of thioether (sulfide) groups is 1. The zero-order chi connectivity index (χ0) is 14.9. The van der Waals surface area contributed by atoms with Gasteiger partial charge in [0.05, 0.1) is 12.0 Å². The average molecular weight is 358 g/mol. The summed E-state index contributed by atoms with van der Waals surface area (Å²) in [5, 5.41) is 9.74. The predicted molar refractivity (Wildman–Crippen MR) is 80.7 cm³/mol. The maximum Gasteiger partial charge on any atom is 0.293 e. The number of carbonyl (C=O) groups is 2. The Bertz CT molecular complexity index is 615. The molecule has 1 fully saturated rings. The van der Waals surface area contributed by atoms with Crippen molar-refractivity contribution in [2.24, 2.45) is 0 Å². The molecule has 20 heavy (non-hydrogen) atoms. The molecule has 2 amide bonds. The number of imide groups is 1. The number of rotatable bonds is 3. The fraction of sp³-hybridized carbons (Fsp3) is 0.231. The quantitative estimate of drug-likeness (QED) is 0.841. The lowest BCUT2D eigenvalue weighted by molar-refractivity contribution is -0.122. The normalized spacial score (nSPS) is 17.1. The van der Waals surface area contributed by atoms with Crippen LogP contribution in [0.15, 0.2) is 21.5 Å². The van der Waals surface area contributed by atoms with E-state index >= 15 is 0 Å². The fourth-order valence-electron chi connectivity index (χ4n) is 1.77. The molecule has 0 radical (unpaired) electrons. The van der Waals surface area contributed by atoms with Gasteiger partial charge in [-0.25, -0.2) is 0 Å². The van der Waals surface area contributed by atoms with E-state index in [0.29, 0.717) is 22.3 Å². The third kappa shape index (κ3) is 2.69. The first-order valence-electron chi connectivity index (χ1n) is 5.79. The van der Waals surface area contributed by atoms with E-state index in [1.807, 2.05) is 0 Å². The molecule has 2 rings (SSSR count). The van der Waals surface area contributed by atoms with E-state index in [9.17, 15) is 14.7 Å². The zero-order valence-electron chi connectivity index (χ0n) is 10.8. The molecule has 0 aromatic heterocycles. The lowest BCUT2D eigenvalue weighted by Gasteiger charge is -2.08. The number of amides is 2. The summed E-state index contributed by atoms with van der Waals surface area (Å²) in [6, 6.07) is 3.27. The summed E-state index contributed by atoms with van der Waals surface area (Å²) in [7, 11) is 1.44. The van der Waals surface area contributed by atoms with Gasteiger partial charge in [-0.05, 0) is 36.9 Å². The number of hydrogen-bond donors (Lipinski definition) is 1. The Hall–Kier alpha value is -1.47. The topological polar surface area (TPSA) is 66.8 Å². The van der Waals surface area contributed by atoms with Gasteiger partial charge in [0, 0.05) is 16.6 Å². The van der Waals surface area contributed by atoms with E-state index in [2.05, 4.69) is 15.9 Å². The Morgan fingerprint density at radius 1 is 1.45 bits per heavy atom. The van der Waals surface area contributed by atoms with Gasteiger partial charge in [-0.2, -0.15) is 0 Å². The number of phenolic OH excluding ortho intramolecular Hbond substituents is 1. The molecule has 0 aliphatic carbocycles. The molecule has 0 atom stereocenters. The monoisotopic (exact) mass is 357 g/mol. The summed E-state index contributed by atoms with van der Waals surface area (Å²) in [4.78, 5) is 25.1. The Balaban J connectivity index is 2.44. The van der Waals surface area contributed by atoms with Crippen LogP contribution < -0.4 is 4.74 Å². The summed E-state index contributed by atoms with van der Waals surface area (Å²) in [6.07, 6.45) is 1.49. The van der Waals surface area contributed by atoms with E-state index in [1.54, 1.807) is 19.1 Å². The van der Waals surface area contributed by atoms with Crippen LogP contribution in [0.4, 0.5) is 4.79 Å². The van der Waals surface area contributed by atoms with Crippen LogP contribution in [0.3, 0.4) is 0 Å². The number of phenols is 1. The van der Waals surface area contributed by atoms with Crippen LogP contribution >= 0.6 is 27.7 Å². The summed E-state index contributed by atoms with van der Waals surface area (Å²) < 4.78 is 5.74. The van der Waals surface area contributed by atoms with E-state index < -0.39 is 0 Å². The molecular weight excluding hydrogens is 346 g/mol. The van der Waals surface area contributed by atoms with Crippen molar-refractivity contribution in [1.29, 1.82) is 0 Å². The molecule has 0 saturated carbocycles. The number of halogens is 1. The van der Waals surface area contributed by atoms with Crippen LogP contribution in [0.5, 0.6) is 11.5 Å². The zero-order valence-corrected chi connectivity index (χ0v) is 13.2. The lowest BCUT2D eigenvalue weighted by Crippen LogP contribution is -2.27. The number of likely N-dealkylation sites (N-methyl/N-ethyl adjacent to an activating group) is 1. The first-order valence-corrected chi connectivity index (χ1v) is 7.40. The largest absolute Gasteiger partial charge is 0.504 e. The highest BCUT2D eigenvalue weighted by molar-refractivity contribution is 9.10. The van der Waals surface area contributed by atoms with Gasteiger partial charge in [0.15, 0.2) is 11.5 Å². The summed E-state index contributed by atoms with van der Waals surface area (Å²) in [5.41, 5.74) is 0.415. The van der Waals surface area contributed by atoms with Crippen molar-refractivity contribution in [3.63, 3.8) is 0 Å². The number of carbonyl (C=O) groups excluding carboxylic acids is 2. The van der Waals surface area contributed by atoms with Crippen molar-refractivity contribution >= 4 is 44.9 Å². The highest BCUT2D eigenvalue weighted by Crippen LogP contribution is 2.38. The second-order valence-corrected chi connectivity index (χ2v) is 5.88. The standard InChI is InChI=1S/C13H12BrNO4S/c1-3-15-12(17)10(20-13(15)18)5-7-4-8(14)6-9(19-2)11(7)16/h4-6,16H,3H2,1-2H3/b10-5+. The van der Waals surface area contributed by atoms with Crippen molar-refractivity contribution in [3.8, 4) is 11.5 Å². The molecule has 1 heterocycles. The molecule has 5 nitrogen and oxygen atoms in total. The Kier molecular flexibility index (Phi) is 4.39. The molecule has 1 N–H and O–H groups in total. The third-order valence-electron chi connectivity index (χ3n) is 2.77. The number of aromatic hydroxyl groups is 1. The molecule has 0 bridgehead atoms. The maximum atomic E-state index is 12.0. The molecule has 0 unspecified atom stereocenters. The first-order chi connectivity index (χ1) is 9.47. The number of methoxy groups -OCH3 is 1. The van der Waals surface area contributed by atoms with Gasteiger partial charge in [-0.15, -0.1) is 0 Å². The van der Waals surface area contributed by atoms with Gasteiger partial charge in [-0.3, -0.25) is 14.5 Å². The lowest BCUT2D eigenvalue weighted by atomic mass is 10.1. The number of hydrogen-bond acceptors (Lipinski definition) is 5. The molecular formula is C13H12BrNO4S. The molecule has 1 saturated heterocycles. The van der Waals surface area contributed by atoms with Gasteiger partial charge < -0.3 is 9.84 Å².